The smallest absolute Gasteiger partial charge is 0.220 e. The number of halogens is 1. The topological polar surface area (TPSA) is 55.1 Å². The van der Waals surface area contributed by atoms with Gasteiger partial charge < -0.3 is 11.1 Å². The fraction of sp³-hybridized carbons (Fsp3) is 0.900. The van der Waals surface area contributed by atoms with Gasteiger partial charge in [0.1, 0.15) is 0 Å². The van der Waals surface area contributed by atoms with Crippen molar-refractivity contribution >= 4 is 18.3 Å². The summed E-state index contributed by atoms with van der Waals surface area (Å²) >= 11 is 0. The van der Waals surface area contributed by atoms with Gasteiger partial charge in [-0.2, -0.15) is 0 Å². The first-order valence-corrected chi connectivity index (χ1v) is 5.24. The van der Waals surface area contributed by atoms with E-state index in [4.69, 9.17) is 5.73 Å². The molecule has 1 heterocycles. The molecule has 2 aliphatic rings. The van der Waals surface area contributed by atoms with Gasteiger partial charge in [0.15, 0.2) is 0 Å². The summed E-state index contributed by atoms with van der Waals surface area (Å²) in [6.07, 6.45) is 5.70. The number of rotatable bonds is 1. The van der Waals surface area contributed by atoms with Crippen molar-refractivity contribution in [2.45, 2.75) is 32.1 Å². The molecule has 3 N–H and O–H groups in total. The molecule has 2 fully saturated rings. The van der Waals surface area contributed by atoms with Crippen LogP contribution in [-0.4, -0.2) is 19.0 Å². The maximum Gasteiger partial charge on any atom is 0.220 e. The Bertz CT molecular complexity index is 214. The molecule has 14 heavy (non-hydrogen) atoms. The number of nitrogens with one attached hydrogen (secondary N) is 1. The van der Waals surface area contributed by atoms with E-state index in [0.29, 0.717) is 5.92 Å². The summed E-state index contributed by atoms with van der Waals surface area (Å²) in [5, 5.41) is 2.92. The van der Waals surface area contributed by atoms with Gasteiger partial charge >= 0.3 is 0 Å². The average Bonchev–Trinajstić information content (AvgIpc) is 2.54. The Morgan fingerprint density at radius 2 is 2.07 bits per heavy atom. The lowest BCUT2D eigenvalue weighted by Crippen LogP contribution is -2.49. The zero-order valence-corrected chi connectivity index (χ0v) is 9.24. The van der Waals surface area contributed by atoms with E-state index >= 15 is 0 Å². The van der Waals surface area contributed by atoms with Gasteiger partial charge in [-0.1, -0.05) is 12.8 Å². The summed E-state index contributed by atoms with van der Waals surface area (Å²) < 4.78 is 0. The number of carbonyl (C=O) groups is 1. The number of carbonyl (C=O) groups excluding carboxylic acids is 1. The molecule has 1 saturated carbocycles. The number of nitrogens with two attached hydrogens (primary N) is 1. The first-order valence-electron chi connectivity index (χ1n) is 5.24. The predicted molar refractivity (Wildman–Crippen MR) is 58.3 cm³/mol. The van der Waals surface area contributed by atoms with Crippen molar-refractivity contribution in [3.63, 3.8) is 0 Å². The van der Waals surface area contributed by atoms with Crippen molar-refractivity contribution in [3.05, 3.63) is 0 Å². The summed E-state index contributed by atoms with van der Waals surface area (Å²) in [5.74, 6) is 0.749. The van der Waals surface area contributed by atoms with Gasteiger partial charge in [-0.25, -0.2) is 0 Å². The Balaban J connectivity index is 0.000000980. The van der Waals surface area contributed by atoms with E-state index in [1.54, 1.807) is 0 Å². The fourth-order valence-corrected chi connectivity index (χ4v) is 2.98. The normalized spacial score (nSPS) is 29.8. The van der Waals surface area contributed by atoms with E-state index in [-0.39, 0.29) is 23.7 Å². The second kappa shape index (κ2) is 4.49. The SMILES string of the molecule is Cl.NCC1CNC(=O)CC12CCCC2. The zero-order valence-electron chi connectivity index (χ0n) is 8.42. The second-order valence-corrected chi connectivity index (χ2v) is 4.48. The molecule has 0 bridgehead atoms. The summed E-state index contributed by atoms with van der Waals surface area (Å²) in [4.78, 5) is 11.3. The third-order valence-electron chi connectivity index (χ3n) is 3.81. The highest BCUT2D eigenvalue weighted by Gasteiger charge is 2.44. The number of hydrogen-bond acceptors (Lipinski definition) is 2. The van der Waals surface area contributed by atoms with Crippen LogP contribution in [0.3, 0.4) is 0 Å². The van der Waals surface area contributed by atoms with Crippen LogP contribution in [0.1, 0.15) is 32.1 Å². The molecule has 2 rings (SSSR count). The molecule has 1 aliphatic heterocycles. The van der Waals surface area contributed by atoms with E-state index < -0.39 is 0 Å². The Kier molecular flexibility index (Phi) is 3.78. The van der Waals surface area contributed by atoms with Crippen molar-refractivity contribution in [1.29, 1.82) is 0 Å². The molecule has 1 spiro atoms. The maximum absolute atomic E-state index is 11.3. The van der Waals surface area contributed by atoms with Gasteiger partial charge in [-0.3, -0.25) is 4.79 Å². The van der Waals surface area contributed by atoms with E-state index in [9.17, 15) is 4.79 Å². The summed E-state index contributed by atoms with van der Waals surface area (Å²) in [6.45, 7) is 1.52. The first kappa shape index (κ1) is 11.8. The van der Waals surface area contributed by atoms with Gasteiger partial charge in [0.2, 0.25) is 5.91 Å². The number of piperidine rings is 1. The molecule has 82 valence electrons. The third-order valence-corrected chi connectivity index (χ3v) is 3.81. The number of hydrogen-bond donors (Lipinski definition) is 2. The maximum atomic E-state index is 11.3. The van der Waals surface area contributed by atoms with Gasteiger partial charge in [0.05, 0.1) is 0 Å². The monoisotopic (exact) mass is 218 g/mol. The lowest BCUT2D eigenvalue weighted by atomic mass is 9.69. The molecule has 1 saturated heterocycles. The summed E-state index contributed by atoms with van der Waals surface area (Å²) in [5.41, 5.74) is 6.03. The Morgan fingerprint density at radius 3 is 2.64 bits per heavy atom. The number of amides is 1. The van der Waals surface area contributed by atoms with Gasteiger partial charge in [0.25, 0.3) is 0 Å². The lowest BCUT2D eigenvalue weighted by Gasteiger charge is -2.40. The molecule has 0 aromatic rings. The van der Waals surface area contributed by atoms with Crippen LogP contribution < -0.4 is 11.1 Å². The molecule has 1 atom stereocenters. The van der Waals surface area contributed by atoms with E-state index in [2.05, 4.69) is 5.32 Å². The highest BCUT2D eigenvalue weighted by atomic mass is 35.5. The van der Waals surface area contributed by atoms with Crippen LogP contribution in [0.2, 0.25) is 0 Å². The van der Waals surface area contributed by atoms with Crippen LogP contribution in [0.5, 0.6) is 0 Å². The average molecular weight is 219 g/mol. The second-order valence-electron chi connectivity index (χ2n) is 4.48. The molecular weight excluding hydrogens is 200 g/mol. The molecular formula is C10H19ClN2O. The van der Waals surface area contributed by atoms with Crippen LogP contribution in [0.25, 0.3) is 0 Å². The molecule has 1 amide bonds. The molecule has 1 aliphatic carbocycles. The quantitative estimate of drug-likeness (QED) is 0.692. The molecule has 0 aromatic heterocycles. The van der Waals surface area contributed by atoms with Crippen molar-refractivity contribution in [2.24, 2.45) is 17.1 Å². The van der Waals surface area contributed by atoms with Crippen LogP contribution in [0, 0.1) is 11.3 Å². The summed E-state index contributed by atoms with van der Waals surface area (Å²) in [7, 11) is 0. The van der Waals surface area contributed by atoms with Crippen LogP contribution in [-0.2, 0) is 4.79 Å². The minimum Gasteiger partial charge on any atom is -0.356 e. The van der Waals surface area contributed by atoms with Gasteiger partial charge in [-0.05, 0) is 30.7 Å². The predicted octanol–water partition coefficient (Wildman–Crippen LogP) is 1.06. The van der Waals surface area contributed by atoms with Crippen LogP contribution in [0.4, 0.5) is 0 Å². The molecule has 0 aromatic carbocycles. The molecule has 4 heteroatoms. The third kappa shape index (κ3) is 1.89. The highest BCUT2D eigenvalue weighted by molar-refractivity contribution is 5.85. The van der Waals surface area contributed by atoms with E-state index in [1.807, 2.05) is 0 Å². The fourth-order valence-electron chi connectivity index (χ4n) is 2.98. The highest BCUT2D eigenvalue weighted by Crippen LogP contribution is 2.48. The van der Waals surface area contributed by atoms with E-state index in [0.717, 1.165) is 19.5 Å². The molecule has 1 unspecified atom stereocenters. The van der Waals surface area contributed by atoms with Gasteiger partial charge in [0, 0.05) is 13.0 Å². The van der Waals surface area contributed by atoms with E-state index in [1.165, 1.54) is 25.7 Å². The van der Waals surface area contributed by atoms with Crippen LogP contribution in [0.15, 0.2) is 0 Å². The zero-order chi connectivity index (χ0) is 9.31. The largest absolute Gasteiger partial charge is 0.356 e. The minimum atomic E-state index is 0. The molecule has 3 nitrogen and oxygen atoms in total. The van der Waals surface area contributed by atoms with Crippen molar-refractivity contribution in [3.8, 4) is 0 Å². The van der Waals surface area contributed by atoms with Crippen molar-refractivity contribution in [2.75, 3.05) is 13.1 Å². The van der Waals surface area contributed by atoms with Crippen molar-refractivity contribution in [1.82, 2.24) is 5.32 Å². The van der Waals surface area contributed by atoms with Gasteiger partial charge in [-0.15, -0.1) is 12.4 Å². The standard InChI is InChI=1S/C10H18N2O.ClH/c11-6-8-7-12-9(13)5-10(8)3-1-2-4-10;/h8H,1-7,11H2,(H,12,13);1H. The first-order chi connectivity index (χ1) is 6.27. The Labute approximate surface area is 91.2 Å². The van der Waals surface area contributed by atoms with Crippen LogP contribution >= 0.6 is 12.4 Å². The Morgan fingerprint density at radius 1 is 1.43 bits per heavy atom. The molecule has 0 radical (unpaired) electrons. The summed E-state index contributed by atoms with van der Waals surface area (Å²) in [6, 6.07) is 0. The minimum absolute atomic E-state index is 0. The van der Waals surface area contributed by atoms with Crippen molar-refractivity contribution < 1.29 is 4.79 Å². The Hall–Kier alpha value is -0.280. The lowest BCUT2D eigenvalue weighted by molar-refractivity contribution is -0.127.